The van der Waals surface area contributed by atoms with Crippen molar-refractivity contribution >= 4 is 15.2 Å². The molecule has 0 fully saturated rings. The second-order valence-electron chi connectivity index (χ2n) is 1.86. The van der Waals surface area contributed by atoms with Gasteiger partial charge >= 0.3 is 15.2 Å². The van der Waals surface area contributed by atoms with Crippen LogP contribution in [0.5, 0.6) is 0 Å². The molecule has 0 unspecified atom stereocenters. The molecule has 0 bridgehead atoms. The van der Waals surface area contributed by atoms with Gasteiger partial charge in [0.1, 0.15) is 0 Å². The topological polar surface area (TPSA) is 115 Å². The van der Waals surface area contributed by atoms with Crippen LogP contribution in [0, 0.1) is 5.40 Å². The van der Waals surface area contributed by atoms with Crippen LogP contribution in [0.25, 0.3) is 0 Å². The van der Waals surface area contributed by atoms with Gasteiger partial charge in [0.05, 0.1) is 0 Å². The molecule has 67 valence electrons. The molecule has 0 saturated carbocycles. The average Bonchev–Trinajstić information content (AvgIpc) is 1.56. The van der Waals surface area contributed by atoms with Gasteiger partial charge in [-0.25, -0.2) is 0 Å². The Labute approximate surface area is 63.6 Å². The quantitative estimate of drug-likeness (QED) is 0.488. The van der Waals surface area contributed by atoms with Crippen LogP contribution in [0.4, 0.5) is 0 Å². The summed E-state index contributed by atoms with van der Waals surface area (Å²) in [6.07, 6.45) is -0.325. The average molecular weight is 203 g/mol. The largest absolute Gasteiger partial charge is 0.345 e. The molecule has 0 heterocycles. The minimum absolute atomic E-state index is 0.325. The van der Waals surface area contributed by atoms with Crippen molar-refractivity contribution < 1.29 is 28.7 Å². The molecule has 0 aromatic heterocycles. The van der Waals surface area contributed by atoms with E-state index in [1.807, 2.05) is 0 Å². The molecule has 0 aliphatic rings. The van der Waals surface area contributed by atoms with Crippen LogP contribution in [0.2, 0.25) is 0 Å². The molecule has 4 N–H and O–H groups in total. The summed E-state index contributed by atoms with van der Waals surface area (Å²) in [4.78, 5) is 33.6. The molecule has 0 saturated heterocycles. The Hall–Kier alpha value is 0.300. The van der Waals surface area contributed by atoms with Crippen LogP contribution >= 0.6 is 15.2 Å². The summed E-state index contributed by atoms with van der Waals surface area (Å²) in [5.41, 5.74) is 0. The third-order valence-electron chi connectivity index (χ3n) is 0.989. The lowest BCUT2D eigenvalue weighted by Gasteiger charge is -2.15. The fourth-order valence-corrected chi connectivity index (χ4v) is 2.76. The molecule has 0 atom stereocenters. The normalized spacial score (nSPS) is 14.0. The van der Waals surface area contributed by atoms with Crippen molar-refractivity contribution in [3.63, 3.8) is 0 Å². The van der Waals surface area contributed by atoms with E-state index in [1.165, 1.54) is 6.92 Å². The van der Waals surface area contributed by atoms with Crippen molar-refractivity contribution in [2.24, 2.45) is 0 Å². The predicted octanol–water partition coefficient (Wildman–Crippen LogP) is 0.241. The van der Waals surface area contributed by atoms with Crippen molar-refractivity contribution in [1.82, 2.24) is 0 Å². The zero-order chi connectivity index (χ0) is 9.28. The van der Waals surface area contributed by atoms with Gasteiger partial charge in [0, 0.05) is 0 Å². The van der Waals surface area contributed by atoms with Crippen molar-refractivity contribution in [2.45, 2.75) is 13.3 Å². The molecular weight excluding hydrogens is 194 g/mol. The van der Waals surface area contributed by atoms with Gasteiger partial charge in [-0.05, 0) is 6.42 Å². The van der Waals surface area contributed by atoms with E-state index in [9.17, 15) is 9.13 Å². The summed E-state index contributed by atoms with van der Waals surface area (Å²) >= 11 is 0. The van der Waals surface area contributed by atoms with Gasteiger partial charge in [-0.2, -0.15) is 0 Å². The van der Waals surface area contributed by atoms with Crippen molar-refractivity contribution in [3.05, 3.63) is 5.40 Å². The van der Waals surface area contributed by atoms with E-state index in [-0.39, 0.29) is 6.42 Å². The Morgan fingerprint density at radius 2 is 1.36 bits per heavy atom. The SMILES string of the molecule is CC[C](P(=O)(O)O)P(=O)(O)O. The molecule has 0 rings (SSSR count). The fourth-order valence-electron chi connectivity index (χ4n) is 0.582. The minimum Gasteiger partial charge on any atom is -0.324 e. The number of hydrogen-bond donors (Lipinski definition) is 4. The summed E-state index contributed by atoms with van der Waals surface area (Å²) in [6.45, 7) is 1.27. The van der Waals surface area contributed by atoms with Gasteiger partial charge in [-0.15, -0.1) is 0 Å². The standard InChI is InChI=1S/C3H9O6P2/c1-2-3(10(4,5)6)11(7,8)9/h2H2,1H3,(H2,4,5,6)(H2,7,8,9). The van der Waals surface area contributed by atoms with Gasteiger partial charge in [0.15, 0.2) is 0 Å². The van der Waals surface area contributed by atoms with Crippen molar-refractivity contribution in [1.29, 1.82) is 0 Å². The van der Waals surface area contributed by atoms with Crippen molar-refractivity contribution in [2.75, 3.05) is 0 Å². The summed E-state index contributed by atoms with van der Waals surface area (Å²) in [5.74, 6) is 0. The van der Waals surface area contributed by atoms with E-state index in [4.69, 9.17) is 19.6 Å². The monoisotopic (exact) mass is 203 g/mol. The third kappa shape index (κ3) is 3.47. The van der Waals surface area contributed by atoms with E-state index in [0.717, 1.165) is 0 Å². The molecule has 0 spiro atoms. The van der Waals surface area contributed by atoms with Crippen LogP contribution in [0.1, 0.15) is 13.3 Å². The maximum absolute atomic E-state index is 10.4. The van der Waals surface area contributed by atoms with Crippen LogP contribution in [-0.2, 0) is 9.13 Å². The first kappa shape index (κ1) is 11.3. The zero-order valence-corrected chi connectivity index (χ0v) is 7.50. The molecule has 8 heteroatoms. The second-order valence-corrected chi connectivity index (χ2v) is 5.47. The Morgan fingerprint density at radius 3 is 1.36 bits per heavy atom. The highest BCUT2D eigenvalue weighted by Crippen LogP contribution is 2.67. The highest BCUT2D eigenvalue weighted by Gasteiger charge is 2.42. The molecule has 6 nitrogen and oxygen atoms in total. The predicted molar refractivity (Wildman–Crippen MR) is 37.6 cm³/mol. The first-order chi connectivity index (χ1) is 4.69. The highest BCUT2D eigenvalue weighted by molar-refractivity contribution is 7.75. The zero-order valence-electron chi connectivity index (χ0n) is 5.71. The first-order valence-corrected chi connectivity index (χ1v) is 5.90. The second kappa shape index (κ2) is 3.35. The molecule has 1 radical (unpaired) electrons. The van der Waals surface area contributed by atoms with E-state index in [1.54, 1.807) is 0 Å². The number of hydrogen-bond acceptors (Lipinski definition) is 2. The van der Waals surface area contributed by atoms with Gasteiger partial charge in [-0.3, -0.25) is 9.13 Å². The summed E-state index contributed by atoms with van der Waals surface area (Å²) in [5, 5.41) is -1.01. The lowest BCUT2D eigenvalue weighted by molar-refractivity contribution is 0.354. The van der Waals surface area contributed by atoms with E-state index >= 15 is 0 Å². The van der Waals surface area contributed by atoms with Crippen LogP contribution in [0.15, 0.2) is 0 Å². The summed E-state index contributed by atoms with van der Waals surface area (Å²) < 4.78 is 20.7. The lowest BCUT2D eigenvalue weighted by atomic mass is 10.6. The van der Waals surface area contributed by atoms with Gasteiger partial charge in [0.2, 0.25) is 5.40 Å². The molecule has 0 aromatic carbocycles. The maximum atomic E-state index is 10.4. The molecule has 0 aromatic rings. The fraction of sp³-hybridized carbons (Fsp3) is 0.667. The van der Waals surface area contributed by atoms with E-state index in [2.05, 4.69) is 0 Å². The van der Waals surface area contributed by atoms with Crippen LogP contribution < -0.4 is 0 Å². The first-order valence-electron chi connectivity index (χ1n) is 2.67. The minimum atomic E-state index is -4.74. The van der Waals surface area contributed by atoms with E-state index < -0.39 is 20.6 Å². The highest BCUT2D eigenvalue weighted by atomic mass is 31.2. The molecule has 0 aliphatic carbocycles. The maximum Gasteiger partial charge on any atom is 0.345 e. The Morgan fingerprint density at radius 1 is 1.09 bits per heavy atom. The van der Waals surface area contributed by atoms with Crippen molar-refractivity contribution in [3.8, 4) is 0 Å². The molecule has 11 heavy (non-hydrogen) atoms. The lowest BCUT2D eigenvalue weighted by Crippen LogP contribution is -1.97. The van der Waals surface area contributed by atoms with Gasteiger partial charge in [-0.1, -0.05) is 6.92 Å². The number of rotatable bonds is 3. The Kier molecular flexibility index (Phi) is 3.44. The van der Waals surface area contributed by atoms with Crippen LogP contribution in [-0.4, -0.2) is 19.6 Å². The summed E-state index contributed by atoms with van der Waals surface area (Å²) in [6, 6.07) is 0. The van der Waals surface area contributed by atoms with Gasteiger partial charge in [0.25, 0.3) is 0 Å². The molecule has 0 amide bonds. The van der Waals surface area contributed by atoms with Crippen LogP contribution in [0.3, 0.4) is 0 Å². The Balaban J connectivity index is 4.72. The Bertz CT molecular complexity index is 190. The smallest absolute Gasteiger partial charge is 0.324 e. The molecular formula is C3H9O6P2. The summed E-state index contributed by atoms with van der Waals surface area (Å²) in [7, 11) is -9.49. The van der Waals surface area contributed by atoms with Gasteiger partial charge < -0.3 is 19.6 Å². The van der Waals surface area contributed by atoms with E-state index in [0.29, 0.717) is 0 Å². The third-order valence-corrected chi connectivity index (χ3v) is 4.53. The molecule has 0 aliphatic heterocycles.